The second-order valence-electron chi connectivity index (χ2n) is 5.48. The molecule has 0 bridgehead atoms. The minimum atomic E-state index is -0.230. The van der Waals surface area contributed by atoms with E-state index >= 15 is 0 Å². The van der Waals surface area contributed by atoms with Crippen LogP contribution in [0.15, 0.2) is 54.6 Å². The summed E-state index contributed by atoms with van der Waals surface area (Å²) in [7, 11) is 1.66. The molecule has 2 aromatic rings. The highest BCUT2D eigenvalue weighted by Crippen LogP contribution is 2.29. The number of ether oxygens (including phenoxy) is 1. The molecule has 0 saturated carbocycles. The highest BCUT2D eigenvalue weighted by atomic mass is 16.5. The molecule has 4 nitrogen and oxygen atoms in total. The number of nitrogens with two attached hydrogens (primary N) is 1. The Morgan fingerprint density at radius 3 is 2.43 bits per heavy atom. The number of hydrogen-bond acceptors (Lipinski definition) is 3. The lowest BCUT2D eigenvalue weighted by molar-refractivity contribution is -0.122. The predicted octanol–water partition coefficient (Wildman–Crippen LogP) is 3.73. The van der Waals surface area contributed by atoms with Crippen molar-refractivity contribution in [2.45, 2.75) is 19.8 Å². The molecule has 0 saturated heterocycles. The van der Waals surface area contributed by atoms with E-state index in [1.165, 1.54) is 0 Å². The van der Waals surface area contributed by atoms with Crippen LogP contribution in [0.3, 0.4) is 0 Å². The average Bonchev–Trinajstić information content (AvgIpc) is 2.59. The number of carbonyl (C=O) groups excluding carboxylic acids is 1. The van der Waals surface area contributed by atoms with Gasteiger partial charge in [-0.1, -0.05) is 31.2 Å². The maximum atomic E-state index is 11.5. The van der Waals surface area contributed by atoms with Gasteiger partial charge in [0.25, 0.3) is 0 Å². The van der Waals surface area contributed by atoms with Crippen LogP contribution in [0.25, 0.3) is 0 Å². The summed E-state index contributed by atoms with van der Waals surface area (Å²) in [6, 6.07) is 18.1. The van der Waals surface area contributed by atoms with Gasteiger partial charge in [-0.15, -0.1) is 0 Å². The number of carbonyl (C=O) groups is 1. The number of primary amides is 1. The van der Waals surface area contributed by atoms with Crippen LogP contribution in [0.5, 0.6) is 5.75 Å². The minimum absolute atomic E-state index is 0.105. The fourth-order valence-corrected chi connectivity index (χ4v) is 2.63. The number of hydrogen-bond donors (Lipinski definition) is 1. The van der Waals surface area contributed by atoms with Crippen molar-refractivity contribution < 1.29 is 9.53 Å². The summed E-state index contributed by atoms with van der Waals surface area (Å²) in [5.74, 6) is 0.475. The third-order valence-corrected chi connectivity index (χ3v) is 4.03. The lowest BCUT2D eigenvalue weighted by atomic mass is 10.0. The van der Waals surface area contributed by atoms with Crippen molar-refractivity contribution in [3.05, 3.63) is 54.6 Å². The van der Waals surface area contributed by atoms with E-state index in [1.54, 1.807) is 7.11 Å². The van der Waals surface area contributed by atoms with Crippen LogP contribution in [0.2, 0.25) is 0 Å². The SMILES string of the molecule is CCC(CCN(c1ccccc1)c1cccc(OC)c1)C(N)=O. The van der Waals surface area contributed by atoms with Gasteiger partial charge < -0.3 is 15.4 Å². The first-order chi connectivity index (χ1) is 11.2. The Hall–Kier alpha value is -2.49. The van der Waals surface area contributed by atoms with Crippen molar-refractivity contribution in [2.75, 3.05) is 18.6 Å². The largest absolute Gasteiger partial charge is 0.497 e. The first-order valence-electron chi connectivity index (χ1n) is 7.91. The van der Waals surface area contributed by atoms with Gasteiger partial charge in [-0.05, 0) is 37.1 Å². The van der Waals surface area contributed by atoms with Gasteiger partial charge in [-0.3, -0.25) is 4.79 Å². The second-order valence-corrected chi connectivity index (χ2v) is 5.48. The van der Waals surface area contributed by atoms with Crippen LogP contribution >= 0.6 is 0 Å². The Balaban J connectivity index is 2.27. The van der Waals surface area contributed by atoms with Gasteiger partial charge in [0.2, 0.25) is 5.91 Å². The van der Waals surface area contributed by atoms with Gasteiger partial charge in [-0.2, -0.15) is 0 Å². The normalized spacial score (nSPS) is 11.7. The summed E-state index contributed by atoms with van der Waals surface area (Å²) in [4.78, 5) is 13.7. The molecule has 0 aliphatic rings. The van der Waals surface area contributed by atoms with E-state index in [2.05, 4.69) is 17.0 Å². The van der Waals surface area contributed by atoms with Gasteiger partial charge in [0, 0.05) is 29.9 Å². The molecule has 0 spiro atoms. The Bertz CT molecular complexity index is 628. The van der Waals surface area contributed by atoms with Crippen LogP contribution in [0.4, 0.5) is 11.4 Å². The number of methoxy groups -OCH3 is 1. The van der Waals surface area contributed by atoms with Crippen molar-refractivity contribution in [1.29, 1.82) is 0 Å². The Kier molecular flexibility index (Phi) is 6.03. The smallest absolute Gasteiger partial charge is 0.220 e. The van der Waals surface area contributed by atoms with Gasteiger partial charge >= 0.3 is 0 Å². The lowest BCUT2D eigenvalue weighted by Gasteiger charge is -2.27. The van der Waals surface area contributed by atoms with E-state index in [9.17, 15) is 4.79 Å². The molecule has 4 heteroatoms. The van der Waals surface area contributed by atoms with Crippen molar-refractivity contribution in [3.63, 3.8) is 0 Å². The molecule has 1 atom stereocenters. The van der Waals surface area contributed by atoms with E-state index in [0.717, 1.165) is 36.5 Å². The maximum absolute atomic E-state index is 11.5. The molecule has 0 radical (unpaired) electrons. The number of amides is 1. The van der Waals surface area contributed by atoms with Crippen molar-refractivity contribution in [1.82, 2.24) is 0 Å². The van der Waals surface area contributed by atoms with Crippen molar-refractivity contribution in [3.8, 4) is 5.75 Å². The van der Waals surface area contributed by atoms with E-state index in [1.807, 2.05) is 49.4 Å². The van der Waals surface area contributed by atoms with Crippen LogP contribution in [-0.4, -0.2) is 19.6 Å². The minimum Gasteiger partial charge on any atom is -0.497 e. The topological polar surface area (TPSA) is 55.6 Å². The van der Waals surface area contributed by atoms with Crippen LogP contribution in [-0.2, 0) is 4.79 Å². The molecule has 0 aromatic heterocycles. The predicted molar refractivity (Wildman–Crippen MR) is 94.0 cm³/mol. The molecule has 2 N–H and O–H groups in total. The van der Waals surface area contributed by atoms with Gasteiger partial charge in [0.1, 0.15) is 5.75 Å². The summed E-state index contributed by atoms with van der Waals surface area (Å²) >= 11 is 0. The molecule has 0 aliphatic carbocycles. The number of benzene rings is 2. The first kappa shape index (κ1) is 16.9. The number of rotatable bonds is 8. The standard InChI is InChI=1S/C19H24N2O2/c1-3-15(19(20)22)12-13-21(16-8-5-4-6-9-16)17-10-7-11-18(14-17)23-2/h4-11,14-15H,3,12-13H2,1-2H3,(H2,20,22). The van der Waals surface area contributed by atoms with E-state index in [-0.39, 0.29) is 11.8 Å². The summed E-state index contributed by atoms with van der Waals surface area (Å²) < 4.78 is 5.33. The fraction of sp³-hybridized carbons (Fsp3) is 0.316. The van der Waals surface area contributed by atoms with E-state index in [4.69, 9.17) is 10.5 Å². The van der Waals surface area contributed by atoms with Gasteiger partial charge in [-0.25, -0.2) is 0 Å². The molecule has 2 aromatic carbocycles. The zero-order valence-corrected chi connectivity index (χ0v) is 13.7. The highest BCUT2D eigenvalue weighted by molar-refractivity contribution is 5.76. The molecule has 1 unspecified atom stereocenters. The van der Waals surface area contributed by atoms with Crippen molar-refractivity contribution >= 4 is 17.3 Å². The Morgan fingerprint density at radius 1 is 1.13 bits per heavy atom. The molecule has 122 valence electrons. The molecule has 2 rings (SSSR count). The first-order valence-corrected chi connectivity index (χ1v) is 7.91. The van der Waals surface area contributed by atoms with Crippen molar-refractivity contribution in [2.24, 2.45) is 11.7 Å². The zero-order valence-electron chi connectivity index (χ0n) is 13.7. The molecule has 0 heterocycles. The fourth-order valence-electron chi connectivity index (χ4n) is 2.63. The van der Waals surface area contributed by atoms with Crippen LogP contribution in [0.1, 0.15) is 19.8 Å². The molecular weight excluding hydrogens is 288 g/mol. The van der Waals surface area contributed by atoms with Crippen LogP contribution < -0.4 is 15.4 Å². The molecule has 23 heavy (non-hydrogen) atoms. The second kappa shape index (κ2) is 8.22. The van der Waals surface area contributed by atoms with Gasteiger partial charge in [0.05, 0.1) is 7.11 Å². The number of para-hydroxylation sites is 1. The molecular formula is C19H24N2O2. The lowest BCUT2D eigenvalue weighted by Crippen LogP contribution is -2.28. The molecule has 0 fully saturated rings. The van der Waals surface area contributed by atoms with Crippen LogP contribution in [0, 0.1) is 5.92 Å². The Labute approximate surface area is 137 Å². The van der Waals surface area contributed by atoms with Gasteiger partial charge in [0.15, 0.2) is 0 Å². The van der Waals surface area contributed by atoms with E-state index < -0.39 is 0 Å². The quantitative estimate of drug-likeness (QED) is 0.808. The summed E-state index contributed by atoms with van der Waals surface area (Å²) in [5.41, 5.74) is 7.60. The maximum Gasteiger partial charge on any atom is 0.220 e. The zero-order chi connectivity index (χ0) is 16.7. The third kappa shape index (κ3) is 4.49. The summed E-state index contributed by atoms with van der Waals surface area (Å²) in [6.45, 7) is 2.71. The molecule has 1 amide bonds. The number of anilines is 2. The monoisotopic (exact) mass is 312 g/mol. The summed E-state index contributed by atoms with van der Waals surface area (Å²) in [6.07, 6.45) is 1.48. The molecule has 0 aliphatic heterocycles. The summed E-state index contributed by atoms with van der Waals surface area (Å²) in [5, 5.41) is 0. The average molecular weight is 312 g/mol. The van der Waals surface area contributed by atoms with E-state index in [0.29, 0.717) is 0 Å². The Morgan fingerprint density at radius 2 is 1.83 bits per heavy atom. The number of nitrogens with zero attached hydrogens (tertiary/aromatic N) is 1. The third-order valence-electron chi connectivity index (χ3n) is 4.03. The highest BCUT2D eigenvalue weighted by Gasteiger charge is 2.16.